The quantitative estimate of drug-likeness (QED) is 0.469. The van der Waals surface area contributed by atoms with Gasteiger partial charge in [0.15, 0.2) is 11.5 Å². The zero-order valence-electron chi connectivity index (χ0n) is 17.2. The molecule has 0 saturated heterocycles. The van der Waals surface area contributed by atoms with E-state index in [2.05, 4.69) is 20.2 Å². The zero-order chi connectivity index (χ0) is 22.4. The van der Waals surface area contributed by atoms with Gasteiger partial charge in [0.25, 0.3) is 15.9 Å². The summed E-state index contributed by atoms with van der Waals surface area (Å²) in [5.41, 5.74) is 1.38. The van der Waals surface area contributed by atoms with E-state index in [-0.39, 0.29) is 16.1 Å². The molecule has 0 aliphatic rings. The molecule has 2 N–H and O–H groups in total. The Bertz CT molecular complexity index is 1160. The molecule has 1 aromatic heterocycles. The van der Waals surface area contributed by atoms with Crippen molar-refractivity contribution in [3.8, 4) is 11.5 Å². The van der Waals surface area contributed by atoms with Crippen LogP contribution < -0.4 is 19.5 Å². The van der Waals surface area contributed by atoms with Crippen LogP contribution >= 0.6 is 11.3 Å². The standard InChI is InChI=1S/C20H22N4O5S2/c1-13-7-6-8-15(11-13)18(25)21-19-22-23-20(30-19)31(26,27)24-14(2)12-29-17-10-5-4-9-16(17)28-3/h4-11,14,24H,12H2,1-3H3,(H,21,22,25)/t14-/m1/s1. The summed E-state index contributed by atoms with van der Waals surface area (Å²) >= 11 is 0.764. The molecule has 1 amide bonds. The lowest BCUT2D eigenvalue weighted by Gasteiger charge is -2.15. The van der Waals surface area contributed by atoms with Gasteiger partial charge in [-0.1, -0.05) is 41.2 Å². The number of aromatic nitrogens is 2. The van der Waals surface area contributed by atoms with E-state index < -0.39 is 22.0 Å². The first-order valence-electron chi connectivity index (χ1n) is 9.28. The number of ether oxygens (including phenoxy) is 2. The molecule has 0 fully saturated rings. The van der Waals surface area contributed by atoms with Crippen LogP contribution in [-0.2, 0) is 10.0 Å². The Morgan fingerprint density at radius 3 is 2.58 bits per heavy atom. The molecular weight excluding hydrogens is 440 g/mol. The largest absolute Gasteiger partial charge is 0.493 e. The van der Waals surface area contributed by atoms with Crippen LogP contribution in [0.1, 0.15) is 22.8 Å². The predicted molar refractivity (Wildman–Crippen MR) is 117 cm³/mol. The van der Waals surface area contributed by atoms with Gasteiger partial charge >= 0.3 is 0 Å². The molecule has 0 unspecified atom stereocenters. The summed E-state index contributed by atoms with van der Waals surface area (Å²) in [5.74, 6) is 0.666. The van der Waals surface area contributed by atoms with Gasteiger partial charge in [-0.25, -0.2) is 13.1 Å². The third kappa shape index (κ3) is 6.00. The highest BCUT2D eigenvalue weighted by Gasteiger charge is 2.23. The number of para-hydroxylation sites is 2. The second-order valence-electron chi connectivity index (χ2n) is 6.68. The first-order valence-corrected chi connectivity index (χ1v) is 11.6. The number of carbonyl (C=O) groups is 1. The van der Waals surface area contributed by atoms with Crippen molar-refractivity contribution in [2.24, 2.45) is 0 Å². The number of benzene rings is 2. The van der Waals surface area contributed by atoms with Crippen molar-refractivity contribution in [1.29, 1.82) is 0 Å². The smallest absolute Gasteiger partial charge is 0.270 e. The number of rotatable bonds is 9. The van der Waals surface area contributed by atoms with Crippen LogP contribution in [-0.4, -0.2) is 44.3 Å². The number of hydrogen-bond donors (Lipinski definition) is 2. The number of carbonyl (C=O) groups excluding carboxylic acids is 1. The van der Waals surface area contributed by atoms with Crippen LogP contribution in [0.4, 0.5) is 5.13 Å². The molecule has 2 aromatic carbocycles. The van der Waals surface area contributed by atoms with Gasteiger partial charge in [-0.15, -0.1) is 10.2 Å². The SMILES string of the molecule is COc1ccccc1OC[C@@H](C)NS(=O)(=O)c1nnc(NC(=O)c2cccc(C)c2)s1. The third-order valence-electron chi connectivity index (χ3n) is 4.05. The van der Waals surface area contributed by atoms with Crippen LogP contribution in [0.3, 0.4) is 0 Å². The van der Waals surface area contributed by atoms with Gasteiger partial charge in [0.05, 0.1) is 13.2 Å². The topological polar surface area (TPSA) is 120 Å². The lowest BCUT2D eigenvalue weighted by atomic mass is 10.1. The molecule has 0 saturated carbocycles. The highest BCUT2D eigenvalue weighted by Crippen LogP contribution is 2.26. The Labute approximate surface area is 184 Å². The molecule has 11 heteroatoms. The van der Waals surface area contributed by atoms with Crippen molar-refractivity contribution < 1.29 is 22.7 Å². The molecule has 1 atom stereocenters. The number of aryl methyl sites for hydroxylation is 1. The first-order chi connectivity index (χ1) is 14.8. The van der Waals surface area contributed by atoms with E-state index in [1.807, 2.05) is 19.1 Å². The van der Waals surface area contributed by atoms with Gasteiger partial charge in [-0.05, 0) is 38.1 Å². The van der Waals surface area contributed by atoms with Crippen LogP contribution in [0.2, 0.25) is 0 Å². The van der Waals surface area contributed by atoms with Crippen molar-refractivity contribution in [2.75, 3.05) is 19.0 Å². The van der Waals surface area contributed by atoms with Crippen molar-refractivity contribution >= 4 is 32.4 Å². The van der Waals surface area contributed by atoms with Crippen molar-refractivity contribution in [2.45, 2.75) is 24.2 Å². The second kappa shape index (κ2) is 9.86. The Balaban J connectivity index is 1.60. The van der Waals surface area contributed by atoms with Gasteiger partial charge in [-0.3, -0.25) is 10.1 Å². The van der Waals surface area contributed by atoms with Crippen LogP contribution in [0.5, 0.6) is 11.5 Å². The number of nitrogens with one attached hydrogen (secondary N) is 2. The lowest BCUT2D eigenvalue weighted by molar-refractivity contribution is 0.102. The van der Waals surface area contributed by atoms with Gasteiger partial charge in [0.2, 0.25) is 9.47 Å². The molecular formula is C20H22N4O5S2. The molecule has 164 valence electrons. The minimum Gasteiger partial charge on any atom is -0.493 e. The fraction of sp³-hybridized carbons (Fsp3) is 0.250. The zero-order valence-corrected chi connectivity index (χ0v) is 18.8. The van der Waals surface area contributed by atoms with E-state index in [1.54, 1.807) is 43.3 Å². The Morgan fingerprint density at radius 2 is 1.87 bits per heavy atom. The van der Waals surface area contributed by atoms with Gasteiger partial charge in [0.1, 0.15) is 6.61 Å². The molecule has 0 aliphatic heterocycles. The minimum atomic E-state index is -3.93. The fourth-order valence-corrected chi connectivity index (χ4v) is 4.77. The first kappa shape index (κ1) is 22.7. The number of methoxy groups -OCH3 is 1. The maximum atomic E-state index is 12.6. The predicted octanol–water partition coefficient (Wildman–Crippen LogP) is 2.85. The molecule has 9 nitrogen and oxygen atoms in total. The Morgan fingerprint density at radius 1 is 1.13 bits per heavy atom. The average Bonchev–Trinajstić information content (AvgIpc) is 3.21. The Kier molecular flexibility index (Phi) is 7.21. The molecule has 0 bridgehead atoms. The van der Waals surface area contributed by atoms with E-state index in [0.717, 1.165) is 16.9 Å². The van der Waals surface area contributed by atoms with Crippen molar-refractivity contribution in [3.63, 3.8) is 0 Å². The van der Waals surface area contributed by atoms with Gasteiger partial charge < -0.3 is 9.47 Å². The lowest BCUT2D eigenvalue weighted by Crippen LogP contribution is -2.36. The summed E-state index contributed by atoms with van der Waals surface area (Å²) in [6.07, 6.45) is 0. The number of nitrogens with zero attached hydrogens (tertiary/aromatic N) is 2. The maximum Gasteiger partial charge on any atom is 0.270 e. The van der Waals surface area contributed by atoms with E-state index in [1.165, 1.54) is 7.11 Å². The van der Waals surface area contributed by atoms with Crippen molar-refractivity contribution in [1.82, 2.24) is 14.9 Å². The molecule has 0 aliphatic carbocycles. The van der Waals surface area contributed by atoms with Crippen LogP contribution in [0.25, 0.3) is 0 Å². The molecule has 3 rings (SSSR count). The summed E-state index contributed by atoms with van der Waals surface area (Å²) in [7, 11) is -2.41. The monoisotopic (exact) mass is 462 g/mol. The average molecular weight is 463 g/mol. The van der Waals surface area contributed by atoms with Crippen LogP contribution in [0, 0.1) is 6.92 Å². The summed E-state index contributed by atoms with van der Waals surface area (Å²) in [6, 6.07) is 13.5. The van der Waals surface area contributed by atoms with Gasteiger partial charge in [-0.2, -0.15) is 0 Å². The van der Waals surface area contributed by atoms with Gasteiger partial charge in [0, 0.05) is 5.56 Å². The number of anilines is 1. The Hall–Kier alpha value is -3.02. The highest BCUT2D eigenvalue weighted by atomic mass is 32.2. The van der Waals surface area contributed by atoms with E-state index in [9.17, 15) is 13.2 Å². The van der Waals surface area contributed by atoms with E-state index in [4.69, 9.17) is 9.47 Å². The molecule has 31 heavy (non-hydrogen) atoms. The van der Waals surface area contributed by atoms with Crippen LogP contribution in [0.15, 0.2) is 52.9 Å². The molecule has 0 radical (unpaired) electrons. The van der Waals surface area contributed by atoms with E-state index in [0.29, 0.717) is 17.1 Å². The second-order valence-corrected chi connectivity index (χ2v) is 9.55. The summed E-state index contributed by atoms with van der Waals surface area (Å²) in [5, 5.41) is 10.1. The minimum absolute atomic E-state index is 0.0787. The molecule has 3 aromatic rings. The number of sulfonamides is 1. The number of hydrogen-bond acceptors (Lipinski definition) is 8. The fourth-order valence-electron chi connectivity index (χ4n) is 2.63. The third-order valence-corrected chi connectivity index (χ3v) is 6.85. The number of amides is 1. The maximum absolute atomic E-state index is 12.6. The van der Waals surface area contributed by atoms with Crippen molar-refractivity contribution in [3.05, 3.63) is 59.7 Å². The summed E-state index contributed by atoms with van der Waals surface area (Å²) < 4.78 is 38.3. The highest BCUT2D eigenvalue weighted by molar-refractivity contribution is 7.91. The summed E-state index contributed by atoms with van der Waals surface area (Å²) in [4.78, 5) is 12.3. The normalized spacial score (nSPS) is 12.2. The summed E-state index contributed by atoms with van der Waals surface area (Å²) in [6.45, 7) is 3.61. The molecule has 0 spiro atoms. The van der Waals surface area contributed by atoms with E-state index >= 15 is 0 Å². The molecule has 1 heterocycles.